The molecule has 138 valence electrons. The monoisotopic (exact) mass is 364 g/mol. The van der Waals surface area contributed by atoms with Crippen LogP contribution < -0.4 is 10.6 Å². The zero-order valence-electron chi connectivity index (χ0n) is 15.4. The van der Waals surface area contributed by atoms with Crippen molar-refractivity contribution in [3.05, 3.63) is 65.0 Å². The second-order valence-corrected chi connectivity index (χ2v) is 6.32. The smallest absolute Gasteiger partial charge is 0.251 e. The lowest BCUT2D eigenvalue weighted by Gasteiger charge is -2.09. The number of benzene rings is 2. The van der Waals surface area contributed by atoms with Gasteiger partial charge in [0.1, 0.15) is 0 Å². The predicted octanol–water partition coefficient (Wildman–Crippen LogP) is 3.03. The summed E-state index contributed by atoms with van der Waals surface area (Å²) in [5.74, 6) is 0.322. The number of carbonyl (C=O) groups is 2. The second kappa shape index (κ2) is 7.82. The minimum atomic E-state index is -0.332. The van der Waals surface area contributed by atoms with Crippen molar-refractivity contribution in [1.29, 1.82) is 0 Å². The molecule has 0 aliphatic carbocycles. The fourth-order valence-electron chi connectivity index (χ4n) is 2.70. The molecule has 0 saturated carbocycles. The van der Waals surface area contributed by atoms with Gasteiger partial charge in [-0.3, -0.25) is 9.59 Å². The first-order valence-corrected chi connectivity index (χ1v) is 8.48. The lowest BCUT2D eigenvalue weighted by Crippen LogP contribution is -2.32. The van der Waals surface area contributed by atoms with Crippen LogP contribution in [-0.2, 0) is 4.79 Å². The first-order chi connectivity index (χ1) is 12.9. The quantitative estimate of drug-likeness (QED) is 0.725. The van der Waals surface area contributed by atoms with Gasteiger partial charge in [-0.1, -0.05) is 23.4 Å². The van der Waals surface area contributed by atoms with E-state index in [1.807, 2.05) is 32.0 Å². The van der Waals surface area contributed by atoms with E-state index < -0.39 is 0 Å². The third kappa shape index (κ3) is 4.78. The van der Waals surface area contributed by atoms with Crippen LogP contribution in [0.2, 0.25) is 0 Å². The molecule has 0 aliphatic rings. The number of hydrogen-bond donors (Lipinski definition) is 2. The first-order valence-electron chi connectivity index (χ1n) is 8.48. The highest BCUT2D eigenvalue weighted by Gasteiger charge is 2.11. The highest BCUT2D eigenvalue weighted by molar-refractivity contribution is 5.99. The highest BCUT2D eigenvalue weighted by Crippen LogP contribution is 2.16. The molecular weight excluding hydrogens is 344 g/mol. The highest BCUT2D eigenvalue weighted by atomic mass is 16.5. The molecule has 0 saturated heterocycles. The summed E-state index contributed by atoms with van der Waals surface area (Å²) in [6, 6.07) is 12.5. The van der Waals surface area contributed by atoms with Crippen molar-refractivity contribution in [2.45, 2.75) is 20.8 Å². The Kier molecular flexibility index (Phi) is 5.30. The minimum absolute atomic E-state index is 0.113. The predicted molar refractivity (Wildman–Crippen MR) is 101 cm³/mol. The summed E-state index contributed by atoms with van der Waals surface area (Å²) in [6.45, 7) is 5.52. The van der Waals surface area contributed by atoms with Crippen molar-refractivity contribution in [2.24, 2.45) is 0 Å². The van der Waals surface area contributed by atoms with Gasteiger partial charge in [0.15, 0.2) is 0 Å². The van der Waals surface area contributed by atoms with Crippen molar-refractivity contribution in [1.82, 2.24) is 15.5 Å². The Morgan fingerprint density at radius 1 is 1.00 bits per heavy atom. The number of nitrogens with zero attached hydrogens (tertiary/aromatic N) is 2. The fourth-order valence-corrected chi connectivity index (χ4v) is 2.70. The molecule has 0 spiro atoms. The zero-order chi connectivity index (χ0) is 19.4. The van der Waals surface area contributed by atoms with Crippen LogP contribution in [0.5, 0.6) is 0 Å². The standard InChI is InChI=1S/C20H20N4O3/c1-12-8-13(2)10-17(9-12)23-18(25)11-21-20(26)16-6-4-15(5-7-16)19-22-14(3)27-24-19/h4-10H,11H2,1-3H3,(H,21,26)(H,23,25). The van der Waals surface area contributed by atoms with E-state index in [0.29, 0.717) is 23.0 Å². The third-order valence-corrected chi connectivity index (χ3v) is 3.85. The van der Waals surface area contributed by atoms with Gasteiger partial charge in [0.2, 0.25) is 17.6 Å². The van der Waals surface area contributed by atoms with Gasteiger partial charge in [-0.2, -0.15) is 4.98 Å². The fraction of sp³-hybridized carbons (Fsp3) is 0.200. The van der Waals surface area contributed by atoms with Gasteiger partial charge < -0.3 is 15.2 Å². The van der Waals surface area contributed by atoms with Crippen LogP contribution in [-0.4, -0.2) is 28.5 Å². The molecule has 2 aromatic carbocycles. The zero-order valence-corrected chi connectivity index (χ0v) is 15.4. The van der Waals surface area contributed by atoms with Gasteiger partial charge in [-0.25, -0.2) is 0 Å². The molecule has 3 aromatic rings. The Hall–Kier alpha value is -3.48. The number of nitrogens with one attached hydrogen (secondary N) is 2. The maximum Gasteiger partial charge on any atom is 0.251 e. The van der Waals surface area contributed by atoms with E-state index in [-0.39, 0.29) is 18.4 Å². The van der Waals surface area contributed by atoms with Gasteiger partial charge in [0.25, 0.3) is 5.91 Å². The molecule has 2 amide bonds. The van der Waals surface area contributed by atoms with Crippen LogP contribution in [0.3, 0.4) is 0 Å². The van der Waals surface area contributed by atoms with E-state index in [1.165, 1.54) is 0 Å². The molecular formula is C20H20N4O3. The van der Waals surface area contributed by atoms with Gasteiger partial charge in [-0.05, 0) is 49.2 Å². The topological polar surface area (TPSA) is 97.1 Å². The van der Waals surface area contributed by atoms with Crippen LogP contribution in [0.25, 0.3) is 11.4 Å². The minimum Gasteiger partial charge on any atom is -0.343 e. The van der Waals surface area contributed by atoms with Crippen LogP contribution >= 0.6 is 0 Å². The SMILES string of the molecule is Cc1cc(C)cc(NC(=O)CNC(=O)c2ccc(-c3noc(C)n3)cc2)c1. The molecule has 7 heteroatoms. The van der Waals surface area contributed by atoms with Gasteiger partial charge in [0.05, 0.1) is 6.54 Å². The number of aryl methyl sites for hydroxylation is 3. The summed E-state index contributed by atoms with van der Waals surface area (Å²) in [5.41, 5.74) is 4.03. The van der Waals surface area contributed by atoms with Crippen LogP contribution in [0.4, 0.5) is 5.69 Å². The van der Waals surface area contributed by atoms with Crippen molar-refractivity contribution >= 4 is 17.5 Å². The van der Waals surface area contributed by atoms with Crippen molar-refractivity contribution in [3.8, 4) is 11.4 Å². The Morgan fingerprint density at radius 3 is 2.26 bits per heavy atom. The molecule has 0 atom stereocenters. The number of amides is 2. The van der Waals surface area contributed by atoms with Crippen molar-refractivity contribution in [2.75, 3.05) is 11.9 Å². The van der Waals surface area contributed by atoms with Gasteiger partial charge >= 0.3 is 0 Å². The number of rotatable bonds is 5. The summed E-state index contributed by atoms with van der Waals surface area (Å²) in [4.78, 5) is 28.4. The van der Waals surface area contributed by atoms with Gasteiger partial charge in [0, 0.05) is 23.7 Å². The average molecular weight is 364 g/mol. The Morgan fingerprint density at radius 2 is 1.67 bits per heavy atom. The maximum atomic E-state index is 12.2. The normalized spacial score (nSPS) is 10.5. The Labute approximate surface area is 156 Å². The van der Waals surface area contributed by atoms with E-state index in [1.54, 1.807) is 31.2 Å². The van der Waals surface area contributed by atoms with E-state index in [0.717, 1.165) is 16.7 Å². The molecule has 3 rings (SSSR count). The molecule has 1 aromatic heterocycles. The molecule has 0 fully saturated rings. The van der Waals surface area contributed by atoms with Crippen LogP contribution in [0, 0.1) is 20.8 Å². The van der Waals surface area contributed by atoms with Crippen LogP contribution in [0.1, 0.15) is 27.4 Å². The van der Waals surface area contributed by atoms with Crippen molar-refractivity contribution < 1.29 is 14.1 Å². The van der Waals surface area contributed by atoms with E-state index >= 15 is 0 Å². The Balaban J connectivity index is 1.56. The molecule has 1 heterocycles. The lowest BCUT2D eigenvalue weighted by atomic mass is 10.1. The molecule has 2 N–H and O–H groups in total. The summed E-state index contributed by atoms with van der Waals surface area (Å²) >= 11 is 0. The van der Waals surface area contributed by atoms with Gasteiger partial charge in [-0.15, -0.1) is 0 Å². The lowest BCUT2D eigenvalue weighted by molar-refractivity contribution is -0.115. The first kappa shape index (κ1) is 18.3. The average Bonchev–Trinajstić information content (AvgIpc) is 3.05. The summed E-state index contributed by atoms with van der Waals surface area (Å²) < 4.78 is 4.94. The molecule has 7 nitrogen and oxygen atoms in total. The molecule has 0 unspecified atom stereocenters. The number of anilines is 1. The number of carbonyl (C=O) groups excluding carboxylic acids is 2. The van der Waals surface area contributed by atoms with Crippen LogP contribution in [0.15, 0.2) is 47.0 Å². The number of hydrogen-bond acceptors (Lipinski definition) is 5. The molecule has 27 heavy (non-hydrogen) atoms. The summed E-state index contributed by atoms with van der Waals surface area (Å²) in [7, 11) is 0. The largest absolute Gasteiger partial charge is 0.343 e. The second-order valence-electron chi connectivity index (χ2n) is 6.32. The van der Waals surface area contributed by atoms with E-state index in [4.69, 9.17) is 4.52 Å². The third-order valence-electron chi connectivity index (χ3n) is 3.85. The molecule has 0 bridgehead atoms. The molecule has 0 radical (unpaired) electrons. The van der Waals surface area contributed by atoms with E-state index in [2.05, 4.69) is 20.8 Å². The van der Waals surface area contributed by atoms with E-state index in [9.17, 15) is 9.59 Å². The summed E-state index contributed by atoms with van der Waals surface area (Å²) in [6.07, 6.45) is 0. The Bertz CT molecular complexity index is 957. The summed E-state index contributed by atoms with van der Waals surface area (Å²) in [5, 5.41) is 9.23. The maximum absolute atomic E-state index is 12.2. The molecule has 0 aliphatic heterocycles. The van der Waals surface area contributed by atoms with Crippen molar-refractivity contribution in [3.63, 3.8) is 0 Å². The number of aromatic nitrogens is 2.